The van der Waals surface area contributed by atoms with Crippen LogP contribution in [-0.2, 0) is 9.47 Å². The van der Waals surface area contributed by atoms with E-state index in [0.717, 1.165) is 12.0 Å². The summed E-state index contributed by atoms with van der Waals surface area (Å²) in [7, 11) is 1.36. The van der Waals surface area contributed by atoms with Crippen LogP contribution in [-0.4, -0.2) is 24.8 Å². The summed E-state index contributed by atoms with van der Waals surface area (Å²) in [6.45, 7) is 2.56. The Morgan fingerprint density at radius 1 is 1.09 bits per heavy atom. The van der Waals surface area contributed by atoms with Crippen LogP contribution in [0.3, 0.4) is 0 Å². The second-order valence-electron chi connectivity index (χ2n) is 4.99. The van der Waals surface area contributed by atoms with Crippen LogP contribution in [0.5, 0.6) is 5.75 Å². The van der Waals surface area contributed by atoms with E-state index in [9.17, 15) is 9.90 Å². The Kier molecular flexibility index (Phi) is 5.80. The molecular formula is C19H20O4. The molecule has 0 bridgehead atoms. The van der Waals surface area contributed by atoms with Crippen molar-refractivity contribution in [2.75, 3.05) is 13.7 Å². The lowest BCUT2D eigenvalue weighted by molar-refractivity contribution is 0.0599. The summed E-state index contributed by atoms with van der Waals surface area (Å²) in [6, 6.07) is 14.0. The lowest BCUT2D eigenvalue weighted by Crippen LogP contribution is -2.06. The van der Waals surface area contributed by atoms with Crippen molar-refractivity contribution in [1.82, 2.24) is 0 Å². The van der Waals surface area contributed by atoms with E-state index in [1.54, 1.807) is 36.4 Å². The first-order valence-corrected chi connectivity index (χ1v) is 7.47. The second-order valence-corrected chi connectivity index (χ2v) is 4.99. The zero-order valence-electron chi connectivity index (χ0n) is 13.3. The predicted molar refractivity (Wildman–Crippen MR) is 90.0 cm³/mol. The van der Waals surface area contributed by atoms with Gasteiger partial charge in [-0.15, -0.1) is 0 Å². The molecule has 0 unspecified atom stereocenters. The highest BCUT2D eigenvalue weighted by Crippen LogP contribution is 2.25. The van der Waals surface area contributed by atoms with Crippen molar-refractivity contribution in [2.24, 2.45) is 0 Å². The second kappa shape index (κ2) is 8.03. The van der Waals surface area contributed by atoms with Crippen LogP contribution in [0.15, 0.2) is 48.5 Å². The van der Waals surface area contributed by atoms with Crippen LogP contribution < -0.4 is 0 Å². The van der Waals surface area contributed by atoms with E-state index >= 15 is 0 Å². The molecule has 0 amide bonds. The Bertz CT molecular complexity index is 687. The molecule has 2 aromatic rings. The monoisotopic (exact) mass is 312 g/mol. The molecule has 0 spiro atoms. The molecular weight excluding hydrogens is 292 g/mol. The first kappa shape index (κ1) is 16.6. The first-order valence-electron chi connectivity index (χ1n) is 7.47. The number of hydrogen-bond donors (Lipinski definition) is 1. The van der Waals surface area contributed by atoms with Gasteiger partial charge in [0.05, 0.1) is 19.3 Å². The summed E-state index contributed by atoms with van der Waals surface area (Å²) in [6.07, 6.45) is 2.70. The SMILES string of the molecule is CCCOC(=Cc1ccc(O)cc1)c1ccccc1C(=O)OC. The maximum Gasteiger partial charge on any atom is 0.338 e. The molecule has 0 heterocycles. The van der Waals surface area contributed by atoms with E-state index in [0.29, 0.717) is 23.5 Å². The van der Waals surface area contributed by atoms with Crippen LogP contribution in [0, 0.1) is 0 Å². The van der Waals surface area contributed by atoms with Crippen molar-refractivity contribution >= 4 is 17.8 Å². The summed E-state index contributed by atoms with van der Waals surface area (Å²) in [5.74, 6) is 0.393. The largest absolute Gasteiger partial charge is 0.508 e. The molecule has 0 atom stereocenters. The summed E-state index contributed by atoms with van der Waals surface area (Å²) in [4.78, 5) is 12.0. The third kappa shape index (κ3) is 4.36. The van der Waals surface area contributed by atoms with Crippen LogP contribution in [0.2, 0.25) is 0 Å². The molecule has 2 rings (SSSR count). The number of carbonyl (C=O) groups excluding carboxylic acids is 1. The van der Waals surface area contributed by atoms with E-state index < -0.39 is 5.97 Å². The number of esters is 1. The molecule has 120 valence electrons. The molecule has 1 N–H and O–H groups in total. The van der Waals surface area contributed by atoms with Gasteiger partial charge in [0.15, 0.2) is 0 Å². The van der Waals surface area contributed by atoms with Crippen molar-refractivity contribution in [1.29, 1.82) is 0 Å². The van der Waals surface area contributed by atoms with E-state index in [1.807, 2.05) is 25.1 Å². The van der Waals surface area contributed by atoms with Gasteiger partial charge in [-0.05, 0) is 36.3 Å². The average molecular weight is 312 g/mol. The number of carbonyl (C=O) groups is 1. The fourth-order valence-corrected chi connectivity index (χ4v) is 2.12. The van der Waals surface area contributed by atoms with Gasteiger partial charge in [-0.2, -0.15) is 0 Å². The zero-order chi connectivity index (χ0) is 16.7. The van der Waals surface area contributed by atoms with Crippen LogP contribution in [0.25, 0.3) is 11.8 Å². The molecule has 0 saturated carbocycles. The van der Waals surface area contributed by atoms with Gasteiger partial charge in [0, 0.05) is 5.56 Å². The fourth-order valence-electron chi connectivity index (χ4n) is 2.12. The highest BCUT2D eigenvalue weighted by molar-refractivity contribution is 5.96. The molecule has 0 aromatic heterocycles. The van der Waals surface area contributed by atoms with Crippen molar-refractivity contribution < 1.29 is 19.4 Å². The average Bonchev–Trinajstić information content (AvgIpc) is 2.59. The Morgan fingerprint density at radius 3 is 2.35 bits per heavy atom. The normalized spacial score (nSPS) is 11.1. The maximum absolute atomic E-state index is 12.0. The van der Waals surface area contributed by atoms with Gasteiger partial charge >= 0.3 is 5.97 Å². The van der Waals surface area contributed by atoms with Gasteiger partial charge < -0.3 is 14.6 Å². The number of rotatable bonds is 6. The van der Waals surface area contributed by atoms with Crippen molar-refractivity contribution in [3.8, 4) is 5.75 Å². The standard InChI is InChI=1S/C19H20O4/c1-3-12-23-18(13-14-8-10-15(20)11-9-14)16-6-4-5-7-17(16)19(21)22-2/h4-11,13,20H,3,12H2,1-2H3. The highest BCUT2D eigenvalue weighted by Gasteiger charge is 2.15. The van der Waals surface area contributed by atoms with E-state index in [-0.39, 0.29) is 5.75 Å². The molecule has 23 heavy (non-hydrogen) atoms. The number of phenolic OH excluding ortho intramolecular Hbond substituents is 1. The smallest absolute Gasteiger partial charge is 0.338 e. The molecule has 0 fully saturated rings. The van der Waals surface area contributed by atoms with Gasteiger partial charge in [-0.25, -0.2) is 4.79 Å². The highest BCUT2D eigenvalue weighted by atomic mass is 16.5. The summed E-state index contributed by atoms with van der Waals surface area (Å²) >= 11 is 0. The molecule has 0 saturated heterocycles. The Labute approximate surface area is 136 Å². The first-order chi connectivity index (χ1) is 11.2. The molecule has 4 nitrogen and oxygen atoms in total. The van der Waals surface area contributed by atoms with Crippen molar-refractivity contribution in [3.63, 3.8) is 0 Å². The maximum atomic E-state index is 12.0. The third-order valence-corrected chi connectivity index (χ3v) is 3.25. The van der Waals surface area contributed by atoms with E-state index in [1.165, 1.54) is 7.11 Å². The molecule has 0 aliphatic carbocycles. The Balaban J connectivity index is 2.46. The molecule has 0 aliphatic heterocycles. The van der Waals surface area contributed by atoms with E-state index in [2.05, 4.69) is 0 Å². The number of hydrogen-bond acceptors (Lipinski definition) is 4. The van der Waals surface area contributed by atoms with Crippen LogP contribution in [0.4, 0.5) is 0 Å². The topological polar surface area (TPSA) is 55.8 Å². The van der Waals surface area contributed by atoms with Crippen molar-refractivity contribution in [3.05, 3.63) is 65.2 Å². The van der Waals surface area contributed by atoms with Gasteiger partial charge in [-0.3, -0.25) is 0 Å². The van der Waals surface area contributed by atoms with E-state index in [4.69, 9.17) is 9.47 Å². The quantitative estimate of drug-likeness (QED) is 0.495. The van der Waals surface area contributed by atoms with Gasteiger partial charge in [0.1, 0.15) is 11.5 Å². The minimum Gasteiger partial charge on any atom is -0.508 e. The predicted octanol–water partition coefficient (Wildman–Crippen LogP) is 4.10. The summed E-state index contributed by atoms with van der Waals surface area (Å²) in [5, 5.41) is 9.38. The fraction of sp³-hybridized carbons (Fsp3) is 0.211. The third-order valence-electron chi connectivity index (χ3n) is 3.25. The van der Waals surface area contributed by atoms with Gasteiger partial charge in [0.25, 0.3) is 0 Å². The minimum absolute atomic E-state index is 0.202. The number of ether oxygens (including phenoxy) is 2. The number of methoxy groups -OCH3 is 1. The molecule has 2 aromatic carbocycles. The molecule has 0 radical (unpaired) electrons. The lowest BCUT2D eigenvalue weighted by Gasteiger charge is -2.13. The number of benzene rings is 2. The Morgan fingerprint density at radius 2 is 1.74 bits per heavy atom. The van der Waals surface area contributed by atoms with Crippen molar-refractivity contribution in [2.45, 2.75) is 13.3 Å². The van der Waals surface area contributed by atoms with Crippen LogP contribution >= 0.6 is 0 Å². The zero-order valence-corrected chi connectivity index (χ0v) is 13.3. The minimum atomic E-state index is -0.405. The molecule has 0 aliphatic rings. The number of phenols is 1. The van der Waals surface area contributed by atoms with Gasteiger partial charge in [0.2, 0.25) is 0 Å². The van der Waals surface area contributed by atoms with Gasteiger partial charge in [-0.1, -0.05) is 37.3 Å². The lowest BCUT2D eigenvalue weighted by atomic mass is 10.0. The number of aromatic hydroxyl groups is 1. The molecule has 4 heteroatoms. The summed E-state index contributed by atoms with van der Waals surface area (Å²) in [5.41, 5.74) is 2.01. The summed E-state index contributed by atoms with van der Waals surface area (Å²) < 4.78 is 10.7. The van der Waals surface area contributed by atoms with Crippen LogP contribution in [0.1, 0.15) is 34.8 Å². The Hall–Kier alpha value is -2.75.